The van der Waals surface area contributed by atoms with Gasteiger partial charge in [0.15, 0.2) is 0 Å². The maximum Gasteiger partial charge on any atom is 0.227 e. The second-order valence-corrected chi connectivity index (χ2v) is 5.55. The lowest BCUT2D eigenvalue weighted by molar-refractivity contribution is -0.125. The van der Waals surface area contributed by atoms with Crippen molar-refractivity contribution in [2.75, 3.05) is 25.5 Å². The van der Waals surface area contributed by atoms with E-state index in [4.69, 9.17) is 15.6 Å². The van der Waals surface area contributed by atoms with E-state index in [9.17, 15) is 13.2 Å². The lowest BCUT2D eigenvalue weighted by Crippen LogP contribution is -2.41. The minimum atomic E-state index is -3.45. The zero-order chi connectivity index (χ0) is 12.2. The van der Waals surface area contributed by atoms with Gasteiger partial charge in [-0.1, -0.05) is 0 Å². The van der Waals surface area contributed by atoms with Gasteiger partial charge in [0.2, 0.25) is 15.9 Å². The molecule has 0 aromatic heterocycles. The maximum atomic E-state index is 11.5. The molecule has 0 radical (unpaired) electrons. The van der Waals surface area contributed by atoms with Gasteiger partial charge in [0, 0.05) is 12.6 Å². The summed E-state index contributed by atoms with van der Waals surface area (Å²) in [4.78, 5) is 11.5. The quantitative estimate of drug-likeness (QED) is 0.476. The Kier molecular flexibility index (Phi) is 4.66. The number of carbonyl (C=O) groups excluding carboxylic acids is 1. The predicted molar refractivity (Wildman–Crippen MR) is 57.9 cm³/mol. The zero-order valence-corrected chi connectivity index (χ0v) is 9.70. The highest BCUT2D eigenvalue weighted by atomic mass is 32.2. The molecule has 94 valence electrons. The molecule has 0 aromatic carbocycles. The van der Waals surface area contributed by atoms with Gasteiger partial charge in [-0.2, -0.15) is 0 Å². The smallest absolute Gasteiger partial charge is 0.227 e. The number of nitrogens with two attached hydrogens (primary N) is 2. The Morgan fingerprint density at radius 3 is 2.62 bits per heavy atom. The van der Waals surface area contributed by atoms with Crippen LogP contribution in [-0.4, -0.2) is 45.9 Å². The summed E-state index contributed by atoms with van der Waals surface area (Å²) >= 11 is 0. The first-order valence-corrected chi connectivity index (χ1v) is 6.73. The van der Waals surface area contributed by atoms with E-state index in [2.05, 4.69) is 5.32 Å². The van der Waals surface area contributed by atoms with Gasteiger partial charge in [-0.05, 0) is 6.42 Å². The number of hydrogen-bond acceptors (Lipinski definition) is 5. The van der Waals surface area contributed by atoms with Crippen LogP contribution < -0.4 is 16.2 Å². The van der Waals surface area contributed by atoms with Crippen LogP contribution in [0.15, 0.2) is 0 Å². The summed E-state index contributed by atoms with van der Waals surface area (Å²) in [7, 11) is -3.45. The molecule has 8 heteroatoms. The fourth-order valence-electron chi connectivity index (χ4n) is 1.46. The van der Waals surface area contributed by atoms with Crippen molar-refractivity contribution in [2.24, 2.45) is 16.8 Å². The topological polar surface area (TPSA) is 125 Å². The number of sulfonamides is 1. The summed E-state index contributed by atoms with van der Waals surface area (Å²) in [5.74, 6) is -0.672. The van der Waals surface area contributed by atoms with E-state index in [0.717, 1.165) is 0 Å². The maximum absolute atomic E-state index is 11.5. The third-order valence-electron chi connectivity index (χ3n) is 2.37. The average molecular weight is 251 g/mol. The molecule has 0 bridgehead atoms. The summed E-state index contributed by atoms with van der Waals surface area (Å²) in [6.07, 6.45) is 0.299. The number of ether oxygens (including phenoxy) is 1. The molecule has 1 fully saturated rings. The number of amides is 1. The molecule has 0 aromatic rings. The minimum Gasteiger partial charge on any atom is -0.379 e. The lowest BCUT2D eigenvalue weighted by Gasteiger charge is -2.12. The van der Waals surface area contributed by atoms with Crippen LogP contribution in [0.5, 0.6) is 0 Å². The number of hydrogen-bond donors (Lipinski definition) is 3. The third-order valence-corrected chi connectivity index (χ3v) is 3.22. The number of rotatable bonds is 5. The summed E-state index contributed by atoms with van der Waals surface area (Å²) < 4.78 is 26.3. The summed E-state index contributed by atoms with van der Waals surface area (Å²) in [6, 6.07) is -0.279. The van der Waals surface area contributed by atoms with Crippen LogP contribution >= 0.6 is 0 Å². The molecule has 0 spiro atoms. The number of carbonyl (C=O) groups is 1. The van der Waals surface area contributed by atoms with Crippen molar-refractivity contribution in [1.82, 2.24) is 5.32 Å². The molecular weight excluding hydrogens is 234 g/mol. The van der Waals surface area contributed by atoms with E-state index in [0.29, 0.717) is 19.6 Å². The van der Waals surface area contributed by atoms with Crippen molar-refractivity contribution < 1.29 is 17.9 Å². The van der Waals surface area contributed by atoms with E-state index >= 15 is 0 Å². The Bertz CT molecular complexity index is 343. The van der Waals surface area contributed by atoms with Gasteiger partial charge in [-0.15, -0.1) is 0 Å². The van der Waals surface area contributed by atoms with E-state index in [1.54, 1.807) is 0 Å². The van der Waals surface area contributed by atoms with Crippen molar-refractivity contribution in [3.63, 3.8) is 0 Å². The van der Waals surface area contributed by atoms with Crippen LogP contribution in [0.1, 0.15) is 6.42 Å². The minimum absolute atomic E-state index is 0.138. The molecule has 1 aliphatic heterocycles. The first-order chi connectivity index (χ1) is 7.40. The molecule has 1 amide bonds. The number of nitrogens with one attached hydrogen (secondary N) is 1. The Morgan fingerprint density at radius 2 is 2.12 bits per heavy atom. The highest BCUT2D eigenvalue weighted by molar-refractivity contribution is 7.89. The molecule has 1 rings (SSSR count). The first-order valence-electron chi connectivity index (χ1n) is 5.01. The van der Waals surface area contributed by atoms with E-state index in [1.807, 2.05) is 0 Å². The van der Waals surface area contributed by atoms with Gasteiger partial charge in [0.05, 0.1) is 24.9 Å². The molecule has 7 nitrogen and oxygen atoms in total. The van der Waals surface area contributed by atoms with Crippen molar-refractivity contribution in [2.45, 2.75) is 12.5 Å². The molecule has 1 heterocycles. The number of primary sulfonamides is 1. The van der Waals surface area contributed by atoms with Gasteiger partial charge in [0.1, 0.15) is 0 Å². The zero-order valence-electron chi connectivity index (χ0n) is 8.89. The Labute approximate surface area is 94.6 Å². The van der Waals surface area contributed by atoms with Gasteiger partial charge < -0.3 is 15.8 Å². The normalized spacial score (nSPS) is 25.6. The average Bonchev–Trinajstić information content (AvgIpc) is 2.57. The van der Waals surface area contributed by atoms with Gasteiger partial charge in [0.25, 0.3) is 0 Å². The van der Waals surface area contributed by atoms with Crippen LogP contribution in [0.25, 0.3) is 0 Å². The highest BCUT2D eigenvalue weighted by Crippen LogP contribution is 2.11. The standard InChI is InChI=1S/C8H17N3O4S/c9-7-5-15-4-6(7)8(12)11-2-1-3-16(10,13)14/h6-7H,1-5,9H2,(H,11,12)(H2,10,13,14). The van der Waals surface area contributed by atoms with Crippen molar-refractivity contribution >= 4 is 15.9 Å². The molecule has 2 unspecified atom stereocenters. The van der Waals surface area contributed by atoms with Crippen LogP contribution in [0.4, 0.5) is 0 Å². The van der Waals surface area contributed by atoms with Crippen LogP contribution in [0.3, 0.4) is 0 Å². The van der Waals surface area contributed by atoms with Gasteiger partial charge in [-0.3, -0.25) is 4.79 Å². The fraction of sp³-hybridized carbons (Fsp3) is 0.875. The van der Waals surface area contributed by atoms with E-state index in [1.165, 1.54) is 0 Å². The highest BCUT2D eigenvalue weighted by Gasteiger charge is 2.30. The first kappa shape index (κ1) is 13.4. The Hall–Kier alpha value is -0.700. The lowest BCUT2D eigenvalue weighted by atomic mass is 10.0. The second-order valence-electron chi connectivity index (χ2n) is 3.82. The van der Waals surface area contributed by atoms with Crippen molar-refractivity contribution in [3.05, 3.63) is 0 Å². The van der Waals surface area contributed by atoms with Gasteiger partial charge >= 0.3 is 0 Å². The molecular formula is C8H17N3O4S. The molecule has 16 heavy (non-hydrogen) atoms. The van der Waals surface area contributed by atoms with Crippen LogP contribution in [0.2, 0.25) is 0 Å². The Balaban J connectivity index is 2.20. The summed E-state index contributed by atoms with van der Waals surface area (Å²) in [5, 5.41) is 7.42. The summed E-state index contributed by atoms with van der Waals surface area (Å²) in [6.45, 7) is 0.982. The molecule has 5 N–H and O–H groups in total. The largest absolute Gasteiger partial charge is 0.379 e. The molecule has 0 aliphatic carbocycles. The fourth-order valence-corrected chi connectivity index (χ4v) is 2.00. The van der Waals surface area contributed by atoms with Crippen LogP contribution in [-0.2, 0) is 19.6 Å². The third kappa shape index (κ3) is 4.44. The summed E-state index contributed by atoms with van der Waals surface area (Å²) in [5.41, 5.74) is 5.65. The molecule has 2 atom stereocenters. The molecule has 1 saturated heterocycles. The van der Waals surface area contributed by atoms with Crippen LogP contribution in [0, 0.1) is 5.92 Å². The Morgan fingerprint density at radius 1 is 1.44 bits per heavy atom. The van der Waals surface area contributed by atoms with Gasteiger partial charge in [-0.25, -0.2) is 13.6 Å². The van der Waals surface area contributed by atoms with E-state index in [-0.39, 0.29) is 30.2 Å². The predicted octanol–water partition coefficient (Wildman–Crippen LogP) is -2.25. The van der Waals surface area contributed by atoms with Crippen molar-refractivity contribution in [1.29, 1.82) is 0 Å². The monoisotopic (exact) mass is 251 g/mol. The molecule has 0 saturated carbocycles. The molecule has 1 aliphatic rings. The van der Waals surface area contributed by atoms with E-state index < -0.39 is 10.0 Å². The second kappa shape index (κ2) is 5.58. The van der Waals surface area contributed by atoms with Crippen molar-refractivity contribution in [3.8, 4) is 0 Å². The SMILES string of the molecule is NC1COCC1C(=O)NCCCS(N)(=O)=O.